The third-order valence-corrected chi connectivity index (χ3v) is 1.22. The van der Waals surface area contributed by atoms with Crippen LogP contribution in [0.5, 0.6) is 0 Å². The van der Waals surface area contributed by atoms with E-state index in [-0.39, 0.29) is 12.4 Å². The van der Waals surface area contributed by atoms with Crippen LogP contribution < -0.4 is 0 Å². The van der Waals surface area contributed by atoms with Crippen LogP contribution in [0, 0.1) is 6.92 Å². The fourth-order valence-corrected chi connectivity index (χ4v) is 0.709. The maximum atomic E-state index is 10.7. The fourth-order valence-electron chi connectivity index (χ4n) is 0.709. The van der Waals surface area contributed by atoms with Crippen LogP contribution in [0.3, 0.4) is 0 Å². The number of nitrogens with zero attached hydrogens (tertiary/aromatic N) is 1. The van der Waals surface area contributed by atoms with Crippen molar-refractivity contribution >= 4 is 5.97 Å². The van der Waals surface area contributed by atoms with Gasteiger partial charge in [-0.3, -0.25) is 4.79 Å². The van der Waals surface area contributed by atoms with Gasteiger partial charge < -0.3 is 9.15 Å². The number of hydrogen-bond acceptors (Lipinski definition) is 4. The third kappa shape index (κ3) is 2.07. The van der Waals surface area contributed by atoms with Crippen LogP contribution >= 0.6 is 0 Å². The Bertz CT molecular complexity index is 254. The zero-order valence-electron chi connectivity index (χ0n) is 6.46. The molecule has 0 aliphatic rings. The average Bonchev–Trinajstić information content (AvgIpc) is 2.35. The molecule has 0 saturated carbocycles. The van der Waals surface area contributed by atoms with Crippen molar-refractivity contribution in [2.24, 2.45) is 0 Å². The number of rotatable bonds is 2. The summed E-state index contributed by atoms with van der Waals surface area (Å²) in [5, 5.41) is 0. The van der Waals surface area contributed by atoms with Gasteiger partial charge in [0.2, 0.25) is 0 Å². The van der Waals surface area contributed by atoms with Crippen molar-refractivity contribution in [3.05, 3.63) is 17.8 Å². The highest BCUT2D eigenvalue weighted by atomic mass is 16.5. The second-order valence-corrected chi connectivity index (χ2v) is 2.11. The van der Waals surface area contributed by atoms with E-state index in [4.69, 9.17) is 4.42 Å². The fraction of sp³-hybridized carbons (Fsp3) is 0.429. The predicted molar refractivity (Wildman–Crippen MR) is 37.0 cm³/mol. The molecule has 0 fully saturated rings. The van der Waals surface area contributed by atoms with Gasteiger partial charge in [-0.25, -0.2) is 4.98 Å². The Morgan fingerprint density at radius 3 is 3.00 bits per heavy atom. The van der Waals surface area contributed by atoms with Gasteiger partial charge in [-0.05, 0) is 0 Å². The second-order valence-electron chi connectivity index (χ2n) is 2.11. The maximum Gasteiger partial charge on any atom is 0.311 e. The third-order valence-electron chi connectivity index (χ3n) is 1.22. The first-order chi connectivity index (χ1) is 5.22. The van der Waals surface area contributed by atoms with Gasteiger partial charge in [0.25, 0.3) is 0 Å². The first kappa shape index (κ1) is 7.78. The minimum absolute atomic E-state index is 0.174. The van der Waals surface area contributed by atoms with Gasteiger partial charge in [-0.15, -0.1) is 0 Å². The zero-order chi connectivity index (χ0) is 8.27. The minimum Gasteiger partial charge on any atom is -0.469 e. The molecule has 1 aromatic heterocycles. The van der Waals surface area contributed by atoms with Crippen molar-refractivity contribution in [2.45, 2.75) is 13.3 Å². The molecule has 0 unspecified atom stereocenters. The summed E-state index contributed by atoms with van der Waals surface area (Å²) < 4.78 is 9.33. The van der Waals surface area contributed by atoms with E-state index in [2.05, 4.69) is 9.72 Å². The Hall–Kier alpha value is -1.32. The largest absolute Gasteiger partial charge is 0.469 e. The van der Waals surface area contributed by atoms with Crippen molar-refractivity contribution < 1.29 is 13.9 Å². The van der Waals surface area contributed by atoms with E-state index >= 15 is 0 Å². The Labute approximate surface area is 64.2 Å². The molecule has 1 heterocycles. The number of ether oxygens (including phenoxy) is 1. The summed E-state index contributed by atoms with van der Waals surface area (Å²) in [6.07, 6.45) is 1.63. The van der Waals surface area contributed by atoms with Gasteiger partial charge in [-0.2, -0.15) is 0 Å². The molecule has 4 heteroatoms. The van der Waals surface area contributed by atoms with E-state index in [9.17, 15) is 4.79 Å². The van der Waals surface area contributed by atoms with Gasteiger partial charge in [0, 0.05) is 6.92 Å². The molecular weight excluding hydrogens is 146 g/mol. The molecule has 0 amide bonds. The summed E-state index contributed by atoms with van der Waals surface area (Å²) in [6, 6.07) is 0. The molecule has 0 N–H and O–H groups in total. The molecule has 1 aromatic rings. The number of carbonyl (C=O) groups is 1. The quantitative estimate of drug-likeness (QED) is 0.590. The molecule has 0 saturated heterocycles. The lowest BCUT2D eigenvalue weighted by Crippen LogP contribution is -2.04. The van der Waals surface area contributed by atoms with Gasteiger partial charge in [-0.1, -0.05) is 0 Å². The number of methoxy groups -OCH3 is 1. The first-order valence-corrected chi connectivity index (χ1v) is 3.20. The molecule has 0 atom stereocenters. The number of esters is 1. The standard InChI is InChI=1S/C7H9NO3/c1-5-8-6(4-11-5)3-7(9)10-2/h4H,3H2,1-2H3. The van der Waals surface area contributed by atoms with Gasteiger partial charge in [0.1, 0.15) is 6.26 Å². The average molecular weight is 155 g/mol. The number of hydrogen-bond donors (Lipinski definition) is 0. The highest BCUT2D eigenvalue weighted by Crippen LogP contribution is 2.01. The second kappa shape index (κ2) is 3.18. The number of carbonyl (C=O) groups excluding carboxylic acids is 1. The molecule has 0 bridgehead atoms. The van der Waals surface area contributed by atoms with Gasteiger partial charge >= 0.3 is 5.97 Å². The Balaban J connectivity index is 2.57. The molecule has 11 heavy (non-hydrogen) atoms. The Kier molecular flexibility index (Phi) is 2.25. The van der Waals surface area contributed by atoms with Crippen LogP contribution in [0.2, 0.25) is 0 Å². The predicted octanol–water partition coefficient (Wildman–Crippen LogP) is 0.699. The number of oxazole rings is 1. The topological polar surface area (TPSA) is 52.3 Å². The summed E-state index contributed by atoms with van der Waals surface area (Å²) in [6.45, 7) is 1.72. The van der Waals surface area contributed by atoms with E-state index in [1.807, 2.05) is 0 Å². The summed E-state index contributed by atoms with van der Waals surface area (Å²) in [7, 11) is 1.34. The summed E-state index contributed by atoms with van der Waals surface area (Å²) >= 11 is 0. The van der Waals surface area contributed by atoms with Crippen molar-refractivity contribution in [3.63, 3.8) is 0 Å². The Morgan fingerprint density at radius 2 is 2.55 bits per heavy atom. The van der Waals surface area contributed by atoms with Crippen molar-refractivity contribution in [1.82, 2.24) is 4.98 Å². The highest BCUT2D eigenvalue weighted by Gasteiger charge is 2.05. The molecule has 1 rings (SSSR count). The van der Waals surface area contributed by atoms with Crippen molar-refractivity contribution in [3.8, 4) is 0 Å². The monoisotopic (exact) mass is 155 g/mol. The molecule has 4 nitrogen and oxygen atoms in total. The maximum absolute atomic E-state index is 10.7. The van der Waals surface area contributed by atoms with Crippen LogP contribution in [-0.4, -0.2) is 18.1 Å². The van der Waals surface area contributed by atoms with Crippen LogP contribution in [-0.2, 0) is 16.0 Å². The van der Waals surface area contributed by atoms with E-state index in [0.29, 0.717) is 11.6 Å². The smallest absolute Gasteiger partial charge is 0.311 e. The van der Waals surface area contributed by atoms with E-state index in [1.54, 1.807) is 6.92 Å². The summed E-state index contributed by atoms with van der Waals surface area (Å²) in [5.41, 5.74) is 0.606. The zero-order valence-corrected chi connectivity index (χ0v) is 6.46. The highest BCUT2D eigenvalue weighted by molar-refractivity contribution is 5.71. The van der Waals surface area contributed by atoms with Gasteiger partial charge in [0.05, 0.1) is 19.2 Å². The SMILES string of the molecule is COC(=O)Cc1coc(C)n1. The molecule has 0 spiro atoms. The molecule has 0 radical (unpaired) electrons. The van der Waals surface area contributed by atoms with Crippen molar-refractivity contribution in [1.29, 1.82) is 0 Å². The van der Waals surface area contributed by atoms with E-state index in [0.717, 1.165) is 0 Å². The van der Waals surface area contributed by atoms with Crippen LogP contribution in [0.15, 0.2) is 10.7 Å². The minimum atomic E-state index is -0.307. The van der Waals surface area contributed by atoms with Crippen LogP contribution in [0.25, 0.3) is 0 Å². The lowest BCUT2D eigenvalue weighted by atomic mass is 10.3. The molecule has 0 aliphatic heterocycles. The number of aromatic nitrogens is 1. The van der Waals surface area contributed by atoms with E-state index < -0.39 is 0 Å². The first-order valence-electron chi connectivity index (χ1n) is 3.20. The summed E-state index contributed by atoms with van der Waals surface area (Å²) in [4.78, 5) is 14.6. The van der Waals surface area contributed by atoms with Crippen molar-refractivity contribution in [2.75, 3.05) is 7.11 Å². The lowest BCUT2D eigenvalue weighted by molar-refractivity contribution is -0.139. The Morgan fingerprint density at radius 1 is 1.82 bits per heavy atom. The van der Waals surface area contributed by atoms with Crippen LogP contribution in [0.1, 0.15) is 11.6 Å². The molecule has 0 aliphatic carbocycles. The van der Waals surface area contributed by atoms with Gasteiger partial charge in [0.15, 0.2) is 5.89 Å². The lowest BCUT2D eigenvalue weighted by Gasteiger charge is -1.92. The molecule has 0 aromatic carbocycles. The van der Waals surface area contributed by atoms with E-state index in [1.165, 1.54) is 13.4 Å². The van der Waals surface area contributed by atoms with Crippen LogP contribution in [0.4, 0.5) is 0 Å². The summed E-state index contributed by atoms with van der Waals surface area (Å²) in [5.74, 6) is 0.252. The number of aryl methyl sites for hydroxylation is 1. The molecule has 60 valence electrons. The molecular formula is C7H9NO3. The normalized spacial score (nSPS) is 9.64.